The Kier molecular flexibility index (Phi) is 3.16. The fraction of sp³-hybridized carbons (Fsp3) is 0.692. The van der Waals surface area contributed by atoms with Gasteiger partial charge in [-0.2, -0.15) is 11.3 Å². The number of rotatable bonds is 3. The second-order valence-corrected chi connectivity index (χ2v) is 6.24. The topological polar surface area (TPSA) is 23.5 Å². The van der Waals surface area contributed by atoms with Crippen molar-refractivity contribution in [2.24, 2.45) is 5.92 Å². The molecule has 0 radical (unpaired) electrons. The molecule has 2 nitrogen and oxygen atoms in total. The predicted octanol–water partition coefficient (Wildman–Crippen LogP) is 2.55. The second-order valence-electron chi connectivity index (χ2n) is 5.46. The van der Waals surface area contributed by atoms with Crippen molar-refractivity contribution in [2.45, 2.75) is 30.6 Å². The van der Waals surface area contributed by atoms with Crippen LogP contribution in [0.2, 0.25) is 0 Å². The third-order valence-electron chi connectivity index (χ3n) is 4.41. The molecular weight excluding hydrogens is 256 g/mol. The molecule has 3 heterocycles. The van der Waals surface area contributed by atoms with Gasteiger partial charge in [0, 0.05) is 30.5 Å². The molecule has 0 unspecified atom stereocenters. The largest absolute Gasteiger partial charge is 0.394 e. The Morgan fingerprint density at radius 2 is 2.33 bits per heavy atom. The van der Waals surface area contributed by atoms with E-state index in [0.717, 1.165) is 5.56 Å². The van der Waals surface area contributed by atoms with E-state index in [0.29, 0.717) is 19.4 Å². The van der Waals surface area contributed by atoms with Crippen LogP contribution in [0.25, 0.3) is 0 Å². The Bertz CT molecular complexity index is 413. The molecule has 2 aliphatic rings. The zero-order valence-electron chi connectivity index (χ0n) is 10.1. The molecule has 2 fully saturated rings. The number of fused-ring (bicyclic) bond motifs is 1. The summed E-state index contributed by atoms with van der Waals surface area (Å²) in [4.78, 5) is 2.00. The lowest BCUT2D eigenvalue weighted by Crippen LogP contribution is -2.42. The van der Waals surface area contributed by atoms with E-state index >= 15 is 0 Å². The van der Waals surface area contributed by atoms with Crippen molar-refractivity contribution in [3.05, 3.63) is 22.4 Å². The summed E-state index contributed by atoms with van der Waals surface area (Å²) < 4.78 is 26.9. The maximum Gasteiger partial charge on any atom is 0.115 e. The zero-order chi connectivity index (χ0) is 12.8. The highest BCUT2D eigenvalue weighted by molar-refractivity contribution is 7.07. The molecule has 0 aromatic carbocycles. The average molecular weight is 273 g/mol. The number of alkyl halides is 2. The van der Waals surface area contributed by atoms with E-state index in [1.165, 1.54) is 0 Å². The first-order valence-electron chi connectivity index (χ1n) is 6.30. The van der Waals surface area contributed by atoms with E-state index < -0.39 is 18.4 Å². The Labute approximate surface area is 109 Å². The summed E-state index contributed by atoms with van der Waals surface area (Å²) in [7, 11) is 0. The Morgan fingerprint density at radius 3 is 2.94 bits per heavy atom. The van der Waals surface area contributed by atoms with Gasteiger partial charge in [0.1, 0.15) is 6.17 Å². The molecule has 0 amide bonds. The van der Waals surface area contributed by atoms with Crippen molar-refractivity contribution in [3.63, 3.8) is 0 Å². The van der Waals surface area contributed by atoms with Gasteiger partial charge in [-0.15, -0.1) is 0 Å². The molecule has 100 valence electrons. The van der Waals surface area contributed by atoms with Gasteiger partial charge in [0.15, 0.2) is 0 Å². The number of nitrogens with zero attached hydrogens (tertiary/aromatic N) is 1. The summed E-state index contributed by atoms with van der Waals surface area (Å²) in [5, 5.41) is 13.6. The number of hydrogen-bond donors (Lipinski definition) is 1. The fourth-order valence-corrected chi connectivity index (χ4v) is 4.41. The lowest BCUT2D eigenvalue weighted by molar-refractivity contribution is 0.0766. The molecular formula is C13H17F2NOS. The van der Waals surface area contributed by atoms with Gasteiger partial charge in [0.25, 0.3) is 0 Å². The molecule has 1 N–H and O–H groups in total. The van der Waals surface area contributed by atoms with Crippen molar-refractivity contribution in [1.29, 1.82) is 0 Å². The minimum atomic E-state index is -0.904. The molecule has 5 heteroatoms. The maximum atomic E-state index is 13.7. The molecule has 0 aliphatic carbocycles. The van der Waals surface area contributed by atoms with E-state index in [4.69, 9.17) is 0 Å². The van der Waals surface area contributed by atoms with Gasteiger partial charge in [-0.25, -0.2) is 4.39 Å². The van der Waals surface area contributed by atoms with Crippen LogP contribution in [0.1, 0.15) is 24.4 Å². The first-order chi connectivity index (χ1) is 8.70. The molecule has 4 atom stereocenters. The average Bonchev–Trinajstić information content (AvgIpc) is 3.01. The van der Waals surface area contributed by atoms with Gasteiger partial charge in [-0.3, -0.25) is 9.29 Å². The van der Waals surface area contributed by atoms with E-state index in [-0.39, 0.29) is 18.6 Å². The molecule has 3 rings (SSSR count). The molecule has 0 bridgehead atoms. The number of halogens is 2. The van der Waals surface area contributed by atoms with Crippen molar-refractivity contribution < 1.29 is 13.9 Å². The van der Waals surface area contributed by atoms with Crippen LogP contribution in [0, 0.1) is 5.92 Å². The van der Waals surface area contributed by atoms with Gasteiger partial charge in [-0.1, -0.05) is 0 Å². The maximum absolute atomic E-state index is 13.7. The van der Waals surface area contributed by atoms with Crippen LogP contribution in [-0.4, -0.2) is 41.5 Å². The lowest BCUT2D eigenvalue weighted by atomic mass is 9.88. The van der Waals surface area contributed by atoms with Gasteiger partial charge in [-0.05, 0) is 28.8 Å². The normalized spacial score (nSPS) is 40.3. The van der Waals surface area contributed by atoms with Crippen molar-refractivity contribution >= 4 is 11.3 Å². The number of hydrogen-bond acceptors (Lipinski definition) is 3. The molecule has 0 spiro atoms. The smallest absolute Gasteiger partial charge is 0.115 e. The summed E-state index contributed by atoms with van der Waals surface area (Å²) in [6.07, 6.45) is -0.0134. The van der Waals surface area contributed by atoms with Crippen LogP contribution in [0.15, 0.2) is 16.8 Å². The van der Waals surface area contributed by atoms with Crippen LogP contribution in [0.3, 0.4) is 0 Å². The SMILES string of the molecule is OC[C@]12C[C@H](F)CN1[C@@H](c1ccsc1)[C@@H](CF)C2. The van der Waals surface area contributed by atoms with Crippen LogP contribution >= 0.6 is 11.3 Å². The van der Waals surface area contributed by atoms with E-state index in [1.807, 2.05) is 21.7 Å². The lowest BCUT2D eigenvalue weighted by Gasteiger charge is -2.32. The van der Waals surface area contributed by atoms with Gasteiger partial charge >= 0.3 is 0 Å². The van der Waals surface area contributed by atoms with Crippen LogP contribution in [-0.2, 0) is 0 Å². The summed E-state index contributed by atoms with van der Waals surface area (Å²) in [5.74, 6) is -0.126. The first-order valence-corrected chi connectivity index (χ1v) is 7.24. The van der Waals surface area contributed by atoms with Crippen LogP contribution in [0.5, 0.6) is 0 Å². The number of aliphatic hydroxyl groups excluding tert-OH is 1. The fourth-order valence-electron chi connectivity index (χ4n) is 3.72. The highest BCUT2D eigenvalue weighted by Gasteiger charge is 2.56. The van der Waals surface area contributed by atoms with Crippen molar-refractivity contribution in [2.75, 3.05) is 19.8 Å². The van der Waals surface area contributed by atoms with Gasteiger partial charge in [0.2, 0.25) is 0 Å². The second kappa shape index (κ2) is 4.54. The Morgan fingerprint density at radius 1 is 1.50 bits per heavy atom. The highest BCUT2D eigenvalue weighted by Crippen LogP contribution is 2.52. The molecule has 18 heavy (non-hydrogen) atoms. The Hall–Kier alpha value is -0.520. The van der Waals surface area contributed by atoms with Crippen LogP contribution < -0.4 is 0 Å². The molecule has 1 aromatic heterocycles. The summed E-state index contributed by atoms with van der Waals surface area (Å²) in [5.41, 5.74) is 0.523. The third-order valence-corrected chi connectivity index (χ3v) is 5.11. The molecule has 1 aromatic rings. The van der Waals surface area contributed by atoms with E-state index in [1.54, 1.807) is 11.3 Å². The van der Waals surface area contributed by atoms with Crippen molar-refractivity contribution in [1.82, 2.24) is 4.90 Å². The molecule has 0 saturated carbocycles. The minimum absolute atomic E-state index is 0.0749. The third kappa shape index (κ3) is 1.72. The number of aliphatic hydroxyl groups is 1. The van der Waals surface area contributed by atoms with E-state index in [2.05, 4.69) is 0 Å². The summed E-state index contributed by atoms with van der Waals surface area (Å²) in [6.45, 7) is -0.169. The standard InChI is InChI=1S/C13H17F2NOS/c14-5-10-3-13(8-17)4-11(15)6-16(13)12(10)9-1-2-18-7-9/h1-2,7,10-12,17H,3-6,8H2/t10-,11+,12+,13+/m1/s1. The van der Waals surface area contributed by atoms with E-state index in [9.17, 15) is 13.9 Å². The van der Waals surface area contributed by atoms with Gasteiger partial charge in [0.05, 0.1) is 13.3 Å². The number of thiophene rings is 1. The summed E-state index contributed by atoms with van der Waals surface area (Å²) >= 11 is 1.58. The van der Waals surface area contributed by atoms with Crippen LogP contribution in [0.4, 0.5) is 8.78 Å². The summed E-state index contributed by atoms with van der Waals surface area (Å²) in [6, 6.07) is 1.91. The zero-order valence-corrected chi connectivity index (χ0v) is 10.9. The van der Waals surface area contributed by atoms with Crippen molar-refractivity contribution in [3.8, 4) is 0 Å². The highest BCUT2D eigenvalue weighted by atomic mass is 32.1. The Balaban J connectivity index is 1.96. The molecule has 2 saturated heterocycles. The monoisotopic (exact) mass is 273 g/mol. The predicted molar refractivity (Wildman–Crippen MR) is 67.2 cm³/mol. The van der Waals surface area contributed by atoms with Gasteiger partial charge < -0.3 is 5.11 Å². The minimum Gasteiger partial charge on any atom is -0.394 e. The molecule has 2 aliphatic heterocycles. The first kappa shape index (κ1) is 12.5. The quantitative estimate of drug-likeness (QED) is 0.915.